The number of carbonyl (C=O) groups excluding carboxylic acids is 2. The summed E-state index contributed by atoms with van der Waals surface area (Å²) in [4.78, 5) is 32.1. The Balaban J connectivity index is 1.72. The monoisotopic (exact) mass is 401 g/mol. The third kappa shape index (κ3) is 3.23. The first-order chi connectivity index (χ1) is 13.6. The molecule has 1 fully saturated rings. The van der Waals surface area contributed by atoms with E-state index in [1.54, 1.807) is 12.1 Å². The van der Waals surface area contributed by atoms with Crippen molar-refractivity contribution in [1.82, 2.24) is 9.80 Å². The number of β-amino-alcohol motifs (C(OH)–C–C–N with tert-alkyl or cyclic N) is 1. The van der Waals surface area contributed by atoms with Crippen LogP contribution in [0.2, 0.25) is 0 Å². The number of piperazine rings is 1. The summed E-state index contributed by atoms with van der Waals surface area (Å²) in [5, 5.41) is 11.0. The number of para-hydroxylation sites is 1. The minimum absolute atomic E-state index is 0.0273. The molecule has 1 aromatic carbocycles. The van der Waals surface area contributed by atoms with Gasteiger partial charge >= 0.3 is 0 Å². The summed E-state index contributed by atoms with van der Waals surface area (Å²) in [5.74, 6) is -1.59. The highest BCUT2D eigenvalue weighted by Crippen LogP contribution is 2.37. The number of carbonyl (C=O) groups is 2. The van der Waals surface area contributed by atoms with Gasteiger partial charge in [0.05, 0.1) is 17.9 Å². The number of imide groups is 1. The van der Waals surface area contributed by atoms with E-state index in [1.165, 1.54) is 29.5 Å². The Morgan fingerprint density at radius 1 is 1.00 bits per heavy atom. The predicted octanol–water partition coefficient (Wildman–Crippen LogP) is 1.78. The summed E-state index contributed by atoms with van der Waals surface area (Å²) in [7, 11) is 0. The fourth-order valence-electron chi connectivity index (χ4n) is 3.64. The minimum Gasteiger partial charge on any atom is -0.395 e. The van der Waals surface area contributed by atoms with Crippen LogP contribution in [0.1, 0.15) is 4.88 Å². The van der Waals surface area contributed by atoms with Gasteiger partial charge in [-0.3, -0.25) is 14.5 Å². The molecule has 0 radical (unpaired) electrons. The van der Waals surface area contributed by atoms with E-state index in [0.717, 1.165) is 4.90 Å². The maximum atomic E-state index is 14.4. The Morgan fingerprint density at radius 2 is 1.75 bits per heavy atom. The van der Waals surface area contributed by atoms with Crippen molar-refractivity contribution in [2.45, 2.75) is 0 Å². The lowest BCUT2D eigenvalue weighted by atomic mass is 10.1. The summed E-state index contributed by atoms with van der Waals surface area (Å²) < 4.78 is 14.4. The van der Waals surface area contributed by atoms with Crippen molar-refractivity contribution in [3.05, 3.63) is 58.2 Å². The van der Waals surface area contributed by atoms with Gasteiger partial charge in [0.2, 0.25) is 0 Å². The van der Waals surface area contributed by atoms with E-state index in [-0.39, 0.29) is 12.3 Å². The van der Waals surface area contributed by atoms with E-state index >= 15 is 0 Å². The summed E-state index contributed by atoms with van der Waals surface area (Å²) in [6.45, 7) is 3.16. The van der Waals surface area contributed by atoms with Crippen molar-refractivity contribution in [2.75, 3.05) is 44.2 Å². The van der Waals surface area contributed by atoms with E-state index < -0.39 is 17.6 Å². The number of anilines is 1. The van der Waals surface area contributed by atoms with E-state index in [9.17, 15) is 14.0 Å². The molecule has 0 spiro atoms. The summed E-state index contributed by atoms with van der Waals surface area (Å²) in [6.07, 6.45) is 0. The molecule has 28 heavy (non-hydrogen) atoms. The number of aliphatic hydroxyl groups is 1. The fourth-order valence-corrected chi connectivity index (χ4v) is 4.41. The maximum Gasteiger partial charge on any atom is 0.282 e. The molecular weight excluding hydrogens is 381 g/mol. The predicted molar refractivity (Wildman–Crippen MR) is 105 cm³/mol. The maximum absolute atomic E-state index is 14.4. The molecule has 3 heterocycles. The zero-order chi connectivity index (χ0) is 19.7. The van der Waals surface area contributed by atoms with Crippen LogP contribution in [0, 0.1) is 5.82 Å². The van der Waals surface area contributed by atoms with E-state index in [1.807, 2.05) is 16.3 Å². The number of amides is 2. The number of halogens is 1. The molecule has 0 aliphatic carbocycles. The average molecular weight is 401 g/mol. The van der Waals surface area contributed by atoms with Crippen molar-refractivity contribution in [3.63, 3.8) is 0 Å². The van der Waals surface area contributed by atoms with Crippen LogP contribution in [0.4, 0.5) is 10.1 Å². The average Bonchev–Trinajstić information content (AvgIpc) is 3.30. The van der Waals surface area contributed by atoms with Crippen molar-refractivity contribution in [1.29, 1.82) is 0 Å². The zero-order valence-corrected chi connectivity index (χ0v) is 16.0. The van der Waals surface area contributed by atoms with E-state index in [4.69, 9.17) is 5.11 Å². The lowest BCUT2D eigenvalue weighted by Gasteiger charge is -2.36. The first-order valence-corrected chi connectivity index (χ1v) is 9.99. The Bertz CT molecular complexity index is 921. The van der Waals surface area contributed by atoms with Gasteiger partial charge in [-0.05, 0) is 23.6 Å². The van der Waals surface area contributed by atoms with Crippen molar-refractivity contribution < 1.29 is 19.1 Å². The Morgan fingerprint density at radius 3 is 2.39 bits per heavy atom. The van der Waals surface area contributed by atoms with Gasteiger partial charge in [-0.25, -0.2) is 9.29 Å². The number of thiophene rings is 1. The van der Waals surface area contributed by atoms with Gasteiger partial charge in [0, 0.05) is 37.6 Å². The van der Waals surface area contributed by atoms with Gasteiger partial charge in [0.15, 0.2) is 0 Å². The largest absolute Gasteiger partial charge is 0.395 e. The highest BCUT2D eigenvalue weighted by molar-refractivity contribution is 7.11. The second kappa shape index (κ2) is 7.83. The van der Waals surface area contributed by atoms with Gasteiger partial charge in [-0.15, -0.1) is 11.3 Å². The number of rotatable bonds is 5. The van der Waals surface area contributed by atoms with Gasteiger partial charge in [-0.1, -0.05) is 18.2 Å². The molecule has 0 unspecified atom stereocenters. The van der Waals surface area contributed by atoms with E-state index in [0.29, 0.717) is 48.9 Å². The molecule has 6 nitrogen and oxygen atoms in total. The molecule has 1 N–H and O–H groups in total. The molecule has 2 aliphatic heterocycles. The molecule has 2 amide bonds. The molecule has 2 aromatic rings. The van der Waals surface area contributed by atoms with Crippen LogP contribution in [-0.2, 0) is 9.59 Å². The molecule has 4 rings (SSSR count). The quantitative estimate of drug-likeness (QED) is 0.774. The lowest BCUT2D eigenvalue weighted by Crippen LogP contribution is -2.48. The third-order valence-corrected chi connectivity index (χ3v) is 5.91. The number of nitrogens with zero attached hydrogens (tertiary/aromatic N) is 3. The third-order valence-electron chi connectivity index (χ3n) is 5.03. The molecule has 0 saturated carbocycles. The van der Waals surface area contributed by atoms with Crippen LogP contribution in [0.15, 0.2) is 47.5 Å². The van der Waals surface area contributed by atoms with Crippen LogP contribution in [0.5, 0.6) is 0 Å². The molecular formula is C20H20FN3O3S. The Labute approximate surface area is 166 Å². The van der Waals surface area contributed by atoms with Crippen LogP contribution in [-0.4, -0.2) is 66.1 Å². The number of hydrogen-bond donors (Lipinski definition) is 1. The summed E-state index contributed by atoms with van der Waals surface area (Å²) >= 11 is 1.38. The normalized spacial score (nSPS) is 18.5. The van der Waals surface area contributed by atoms with Crippen molar-refractivity contribution in [2.24, 2.45) is 0 Å². The second-order valence-electron chi connectivity index (χ2n) is 6.65. The molecule has 2 aliphatic rings. The van der Waals surface area contributed by atoms with Gasteiger partial charge in [0.25, 0.3) is 11.8 Å². The number of aliphatic hydroxyl groups excluding tert-OH is 1. The molecule has 0 atom stereocenters. The molecule has 0 bridgehead atoms. The number of benzene rings is 1. The first kappa shape index (κ1) is 18.8. The molecule has 146 valence electrons. The SMILES string of the molecule is O=C1C(c2cccs2)=C(N2CCN(CCO)CC2)C(=O)N1c1ccccc1F. The van der Waals surface area contributed by atoms with Gasteiger partial charge in [0.1, 0.15) is 11.5 Å². The highest BCUT2D eigenvalue weighted by Gasteiger charge is 2.44. The fraction of sp³-hybridized carbons (Fsp3) is 0.300. The Kier molecular flexibility index (Phi) is 5.25. The number of hydrogen-bond acceptors (Lipinski definition) is 6. The minimum atomic E-state index is -0.608. The molecule has 1 saturated heterocycles. The van der Waals surface area contributed by atoms with Crippen molar-refractivity contribution >= 4 is 34.4 Å². The summed E-state index contributed by atoms with van der Waals surface area (Å²) in [5.41, 5.74) is 0.638. The van der Waals surface area contributed by atoms with Crippen molar-refractivity contribution in [3.8, 4) is 0 Å². The standard InChI is InChI=1S/C20H20FN3O3S/c21-14-4-1-2-5-15(14)24-19(26)17(16-6-3-13-28-16)18(20(24)27)23-9-7-22(8-10-23)11-12-25/h1-6,13,25H,7-12H2. The zero-order valence-electron chi connectivity index (χ0n) is 15.2. The van der Waals surface area contributed by atoms with E-state index in [2.05, 4.69) is 4.90 Å². The van der Waals surface area contributed by atoms with Crippen LogP contribution in [0.3, 0.4) is 0 Å². The molecule has 8 heteroatoms. The van der Waals surface area contributed by atoms with Crippen LogP contribution >= 0.6 is 11.3 Å². The van der Waals surface area contributed by atoms with Gasteiger partial charge < -0.3 is 10.0 Å². The Hall–Kier alpha value is -2.55. The van der Waals surface area contributed by atoms with Crippen LogP contribution in [0.25, 0.3) is 5.57 Å². The topological polar surface area (TPSA) is 64.1 Å². The highest BCUT2D eigenvalue weighted by atomic mass is 32.1. The first-order valence-electron chi connectivity index (χ1n) is 9.11. The molecule has 1 aromatic heterocycles. The lowest BCUT2D eigenvalue weighted by molar-refractivity contribution is -0.120. The summed E-state index contributed by atoms with van der Waals surface area (Å²) in [6, 6.07) is 9.45. The van der Waals surface area contributed by atoms with Crippen LogP contribution < -0.4 is 4.90 Å². The van der Waals surface area contributed by atoms with Gasteiger partial charge in [-0.2, -0.15) is 0 Å². The second-order valence-corrected chi connectivity index (χ2v) is 7.60. The smallest absolute Gasteiger partial charge is 0.282 e.